The van der Waals surface area contributed by atoms with Gasteiger partial charge in [-0.2, -0.15) is 0 Å². The van der Waals surface area contributed by atoms with Gasteiger partial charge in [0, 0.05) is 38.1 Å². The molecular weight excluding hydrogens is 590 g/mol. The number of ether oxygens (including phenoxy) is 9. The molecular formula is C32H49NO12. The van der Waals surface area contributed by atoms with E-state index in [9.17, 15) is 9.59 Å². The van der Waals surface area contributed by atoms with Crippen LogP contribution in [-0.4, -0.2) is 141 Å². The van der Waals surface area contributed by atoms with E-state index in [0.29, 0.717) is 104 Å². The third-order valence-electron chi connectivity index (χ3n) is 7.26. The number of hydrogen-bond acceptors (Lipinski definition) is 12. The maximum atomic E-state index is 13.9. The van der Waals surface area contributed by atoms with Crippen molar-refractivity contribution in [2.45, 2.75) is 25.6 Å². The van der Waals surface area contributed by atoms with Crippen molar-refractivity contribution in [1.82, 2.24) is 4.90 Å². The summed E-state index contributed by atoms with van der Waals surface area (Å²) in [5.41, 5.74) is 1.32. The molecule has 3 atom stereocenters. The van der Waals surface area contributed by atoms with E-state index >= 15 is 0 Å². The highest BCUT2D eigenvalue weighted by atomic mass is 16.7. The Balaban J connectivity index is 1.81. The highest BCUT2D eigenvalue weighted by Crippen LogP contribution is 2.39. The number of nitrogens with zero attached hydrogens (tertiary/aromatic N) is 1. The van der Waals surface area contributed by atoms with E-state index in [1.54, 1.807) is 17.0 Å². The topological polar surface area (TPSA) is 141 Å². The first kappa shape index (κ1) is 36.8. The first-order valence-electron chi connectivity index (χ1n) is 15.6. The van der Waals surface area contributed by atoms with Gasteiger partial charge in [-0.1, -0.05) is 12.1 Å². The van der Waals surface area contributed by atoms with Crippen LogP contribution in [0.5, 0.6) is 0 Å². The fourth-order valence-corrected chi connectivity index (χ4v) is 4.96. The number of methoxy groups -OCH3 is 1. The SMILES string of the molecule is CCO[C@@H]1OC(C(=O)N2CCOCCOCCOCCOCC2)=C[C@H](c2ccc(C(=O)OC)cc2)[C@@H]1CCOCCOCCO. The zero-order valence-corrected chi connectivity index (χ0v) is 26.5. The van der Waals surface area contributed by atoms with Crippen molar-refractivity contribution < 1.29 is 57.3 Å². The lowest BCUT2D eigenvalue weighted by Crippen LogP contribution is -2.43. The molecule has 0 bridgehead atoms. The smallest absolute Gasteiger partial charge is 0.337 e. The van der Waals surface area contributed by atoms with Gasteiger partial charge < -0.3 is 52.6 Å². The summed E-state index contributed by atoms with van der Waals surface area (Å²) in [6, 6.07) is 7.13. The Morgan fingerprint density at radius 1 is 0.844 bits per heavy atom. The molecule has 2 aliphatic heterocycles. The largest absolute Gasteiger partial charge is 0.465 e. The number of benzene rings is 1. The Bertz CT molecular complexity index is 988. The summed E-state index contributed by atoms with van der Waals surface area (Å²) in [4.78, 5) is 27.7. The zero-order valence-electron chi connectivity index (χ0n) is 26.5. The predicted octanol–water partition coefficient (Wildman–Crippen LogP) is 1.77. The van der Waals surface area contributed by atoms with Gasteiger partial charge in [-0.15, -0.1) is 0 Å². The fraction of sp³-hybridized carbons (Fsp3) is 0.688. The summed E-state index contributed by atoms with van der Waals surface area (Å²) in [6.07, 6.45) is 1.68. The number of hydrogen-bond donors (Lipinski definition) is 1. The van der Waals surface area contributed by atoms with Crippen LogP contribution < -0.4 is 0 Å². The van der Waals surface area contributed by atoms with E-state index < -0.39 is 12.3 Å². The first-order chi connectivity index (χ1) is 22.1. The van der Waals surface area contributed by atoms with Crippen LogP contribution in [0.1, 0.15) is 35.2 Å². The molecule has 0 aliphatic carbocycles. The van der Waals surface area contributed by atoms with Gasteiger partial charge in [-0.25, -0.2) is 4.79 Å². The van der Waals surface area contributed by atoms with Crippen LogP contribution in [0.3, 0.4) is 0 Å². The van der Waals surface area contributed by atoms with Crippen molar-refractivity contribution in [2.75, 3.05) is 113 Å². The van der Waals surface area contributed by atoms with E-state index in [4.69, 9.17) is 47.7 Å². The molecule has 2 heterocycles. The lowest BCUT2D eigenvalue weighted by Gasteiger charge is -2.38. The molecule has 1 saturated heterocycles. The van der Waals surface area contributed by atoms with E-state index in [-0.39, 0.29) is 36.7 Å². The Labute approximate surface area is 265 Å². The number of carbonyl (C=O) groups is 2. The normalized spacial score (nSPS) is 22.4. The molecule has 45 heavy (non-hydrogen) atoms. The van der Waals surface area contributed by atoms with Crippen molar-refractivity contribution in [3.8, 4) is 0 Å². The van der Waals surface area contributed by atoms with Crippen LogP contribution in [0.2, 0.25) is 0 Å². The second-order valence-electron chi connectivity index (χ2n) is 10.3. The first-order valence-corrected chi connectivity index (χ1v) is 15.6. The Hall–Kier alpha value is -2.62. The predicted molar refractivity (Wildman–Crippen MR) is 162 cm³/mol. The molecule has 1 aromatic rings. The van der Waals surface area contributed by atoms with Crippen molar-refractivity contribution in [1.29, 1.82) is 0 Å². The molecule has 13 heteroatoms. The summed E-state index contributed by atoms with van der Waals surface area (Å²) in [6.45, 7) is 7.63. The van der Waals surface area contributed by atoms with Crippen LogP contribution in [0.4, 0.5) is 0 Å². The molecule has 1 amide bonds. The molecule has 1 aromatic carbocycles. The van der Waals surface area contributed by atoms with Gasteiger partial charge in [0.25, 0.3) is 5.91 Å². The second kappa shape index (κ2) is 22.0. The van der Waals surface area contributed by atoms with Crippen molar-refractivity contribution >= 4 is 11.9 Å². The fourth-order valence-electron chi connectivity index (χ4n) is 4.96. The number of allylic oxidation sites excluding steroid dienone is 1. The highest BCUT2D eigenvalue weighted by Gasteiger charge is 2.39. The van der Waals surface area contributed by atoms with Crippen LogP contribution in [-0.2, 0) is 47.4 Å². The third kappa shape index (κ3) is 13.0. The van der Waals surface area contributed by atoms with E-state index in [1.165, 1.54) is 7.11 Å². The minimum atomic E-state index is -0.719. The number of esters is 1. The van der Waals surface area contributed by atoms with E-state index in [2.05, 4.69) is 0 Å². The Morgan fingerprint density at radius 3 is 1.98 bits per heavy atom. The summed E-state index contributed by atoms with van der Waals surface area (Å²) < 4.78 is 50.7. The van der Waals surface area contributed by atoms with Crippen molar-refractivity contribution in [3.63, 3.8) is 0 Å². The van der Waals surface area contributed by atoms with Gasteiger partial charge in [0.05, 0.1) is 92.0 Å². The maximum absolute atomic E-state index is 13.9. The average molecular weight is 640 g/mol. The number of aliphatic hydroxyl groups is 1. The monoisotopic (exact) mass is 639 g/mol. The molecule has 0 spiro atoms. The van der Waals surface area contributed by atoms with Crippen molar-refractivity contribution in [3.05, 3.63) is 47.2 Å². The molecule has 0 saturated carbocycles. The number of amides is 1. The molecule has 1 fully saturated rings. The number of carbonyl (C=O) groups excluding carboxylic acids is 2. The molecule has 254 valence electrons. The standard InChI is InChI=1S/C32H49NO12/c1-3-44-32-27(8-12-38-16-19-41-15-11-34)28(25-4-6-26(7-5-25)31(36)37-2)24-29(45-32)30(35)33-9-13-39-17-20-42-22-23-43-21-18-40-14-10-33/h4-7,24,27-28,32,34H,3,8-23H2,1-2H3/t27-,28+,32+/m0/s1. The summed E-state index contributed by atoms with van der Waals surface area (Å²) in [7, 11) is 1.34. The molecule has 0 radical (unpaired) electrons. The van der Waals surface area contributed by atoms with E-state index in [0.717, 1.165) is 5.56 Å². The molecule has 13 nitrogen and oxygen atoms in total. The Kier molecular flexibility index (Phi) is 18.0. The molecule has 0 aromatic heterocycles. The van der Waals surface area contributed by atoms with Crippen LogP contribution in [0.25, 0.3) is 0 Å². The van der Waals surface area contributed by atoms with E-state index in [1.807, 2.05) is 25.1 Å². The van der Waals surface area contributed by atoms with Crippen LogP contribution in [0.15, 0.2) is 36.1 Å². The average Bonchev–Trinajstić information content (AvgIpc) is 3.07. The number of rotatable bonds is 13. The minimum absolute atomic E-state index is 0.0410. The summed E-state index contributed by atoms with van der Waals surface area (Å²) >= 11 is 0. The molecule has 2 aliphatic rings. The lowest BCUT2D eigenvalue weighted by molar-refractivity contribution is -0.172. The lowest BCUT2D eigenvalue weighted by atomic mass is 9.81. The van der Waals surface area contributed by atoms with Crippen LogP contribution >= 0.6 is 0 Å². The Morgan fingerprint density at radius 2 is 1.42 bits per heavy atom. The minimum Gasteiger partial charge on any atom is -0.465 e. The second-order valence-corrected chi connectivity index (χ2v) is 10.3. The maximum Gasteiger partial charge on any atom is 0.337 e. The highest BCUT2D eigenvalue weighted by molar-refractivity contribution is 5.92. The van der Waals surface area contributed by atoms with Gasteiger partial charge in [0.2, 0.25) is 6.29 Å². The zero-order chi connectivity index (χ0) is 32.1. The van der Waals surface area contributed by atoms with Gasteiger partial charge in [-0.3, -0.25) is 4.79 Å². The third-order valence-corrected chi connectivity index (χ3v) is 7.26. The van der Waals surface area contributed by atoms with Gasteiger partial charge in [0.15, 0.2) is 5.76 Å². The molecule has 0 unspecified atom stereocenters. The van der Waals surface area contributed by atoms with Gasteiger partial charge >= 0.3 is 5.97 Å². The molecule has 1 N–H and O–H groups in total. The summed E-state index contributed by atoms with van der Waals surface area (Å²) in [5.74, 6) is -1.02. The quantitative estimate of drug-likeness (QED) is 0.249. The summed E-state index contributed by atoms with van der Waals surface area (Å²) in [5, 5.41) is 8.89. The molecule has 3 rings (SSSR count). The van der Waals surface area contributed by atoms with Gasteiger partial charge in [0.1, 0.15) is 0 Å². The van der Waals surface area contributed by atoms with Crippen molar-refractivity contribution in [2.24, 2.45) is 5.92 Å². The van der Waals surface area contributed by atoms with Crippen LogP contribution in [0, 0.1) is 5.92 Å². The van der Waals surface area contributed by atoms with Gasteiger partial charge in [-0.05, 0) is 37.1 Å². The number of aliphatic hydroxyl groups excluding tert-OH is 1.